The van der Waals surface area contributed by atoms with Crippen LogP contribution in [0.25, 0.3) is 11.3 Å². The van der Waals surface area contributed by atoms with Crippen LogP contribution < -0.4 is 5.43 Å². The van der Waals surface area contributed by atoms with E-state index in [0.717, 1.165) is 22.9 Å². The van der Waals surface area contributed by atoms with Gasteiger partial charge in [-0.3, -0.25) is 0 Å². The average molecular weight is 451 g/mol. The first-order valence-electron chi connectivity index (χ1n) is 9.06. The van der Waals surface area contributed by atoms with Gasteiger partial charge in [0, 0.05) is 22.6 Å². The molecule has 150 valence electrons. The highest BCUT2D eigenvalue weighted by Crippen LogP contribution is 2.34. The van der Waals surface area contributed by atoms with Crippen molar-refractivity contribution < 1.29 is 18.7 Å². The molecule has 1 aromatic carbocycles. The molecule has 1 unspecified atom stereocenters. The van der Waals surface area contributed by atoms with Crippen LogP contribution in [0.15, 0.2) is 39.4 Å². The molecule has 0 aliphatic carbocycles. The van der Waals surface area contributed by atoms with Crippen molar-refractivity contribution in [3.8, 4) is 11.3 Å². The van der Waals surface area contributed by atoms with E-state index in [1.165, 1.54) is 12.1 Å². The van der Waals surface area contributed by atoms with Gasteiger partial charge in [-0.25, -0.2) is 25.0 Å². The Hall–Kier alpha value is -2.55. The third-order valence-electron chi connectivity index (χ3n) is 4.56. The molecular formula is C19H23BrN4O4. The van der Waals surface area contributed by atoms with Crippen LogP contribution >= 0.6 is 15.9 Å². The number of aromatic nitrogens is 1. The van der Waals surface area contributed by atoms with Crippen molar-refractivity contribution in [2.45, 2.75) is 38.8 Å². The Kier molecular flexibility index (Phi) is 6.23. The number of hydrazine groups is 1. The number of benzene rings is 1. The smallest absolute Gasteiger partial charge is 0.425 e. The number of amides is 3. The molecule has 1 aliphatic heterocycles. The van der Waals surface area contributed by atoms with E-state index in [-0.39, 0.29) is 18.1 Å². The summed E-state index contributed by atoms with van der Waals surface area (Å²) in [5.41, 5.74) is 3.39. The minimum atomic E-state index is -0.688. The Morgan fingerprint density at radius 3 is 2.71 bits per heavy atom. The van der Waals surface area contributed by atoms with E-state index >= 15 is 0 Å². The van der Waals surface area contributed by atoms with E-state index in [2.05, 4.69) is 31.1 Å². The summed E-state index contributed by atoms with van der Waals surface area (Å²) < 4.78 is 11.6. The van der Waals surface area contributed by atoms with Crippen LogP contribution in [0.3, 0.4) is 0 Å². The zero-order chi connectivity index (χ0) is 20.3. The first-order valence-corrected chi connectivity index (χ1v) is 9.86. The van der Waals surface area contributed by atoms with Gasteiger partial charge in [0.05, 0.1) is 13.3 Å². The summed E-state index contributed by atoms with van der Waals surface area (Å²) in [6.07, 6.45) is 2.56. The molecule has 3 rings (SSSR count). The van der Waals surface area contributed by atoms with Crippen LogP contribution in [0.1, 0.15) is 38.6 Å². The molecule has 0 radical (unpaired) electrons. The van der Waals surface area contributed by atoms with E-state index in [0.29, 0.717) is 18.2 Å². The molecule has 8 nitrogen and oxygen atoms in total. The molecule has 9 heteroatoms. The Labute approximate surface area is 171 Å². The molecule has 2 aromatic rings. The highest BCUT2D eigenvalue weighted by Gasteiger charge is 2.37. The highest BCUT2D eigenvalue weighted by atomic mass is 79.9. The molecule has 1 aliphatic rings. The van der Waals surface area contributed by atoms with E-state index in [1.54, 1.807) is 11.1 Å². The lowest BCUT2D eigenvalue weighted by Gasteiger charge is -2.32. The summed E-state index contributed by atoms with van der Waals surface area (Å²) in [6.45, 7) is 4.19. The number of urea groups is 1. The molecule has 0 spiro atoms. The molecule has 1 aromatic heterocycles. The van der Waals surface area contributed by atoms with Gasteiger partial charge < -0.3 is 14.1 Å². The molecule has 1 N–H and O–H groups in total. The predicted octanol–water partition coefficient (Wildman–Crippen LogP) is 4.34. The number of ether oxygens (including phenoxy) is 1. The molecule has 3 amide bonds. The maximum Gasteiger partial charge on any atom is 0.425 e. The molecule has 0 bridgehead atoms. The lowest BCUT2D eigenvalue weighted by atomic mass is 10.2. The van der Waals surface area contributed by atoms with Gasteiger partial charge in [0.15, 0.2) is 5.76 Å². The van der Waals surface area contributed by atoms with Crippen molar-refractivity contribution in [1.29, 1.82) is 0 Å². The van der Waals surface area contributed by atoms with Crippen molar-refractivity contribution >= 4 is 28.1 Å². The van der Waals surface area contributed by atoms with Gasteiger partial charge >= 0.3 is 12.1 Å². The summed E-state index contributed by atoms with van der Waals surface area (Å²) in [6, 6.07) is 6.91. The van der Waals surface area contributed by atoms with Crippen molar-refractivity contribution in [3.05, 3.63) is 40.8 Å². The van der Waals surface area contributed by atoms with Crippen LogP contribution in [0.4, 0.5) is 9.59 Å². The van der Waals surface area contributed by atoms with Crippen molar-refractivity contribution in [3.63, 3.8) is 0 Å². The minimum absolute atomic E-state index is 0.240. The minimum Gasteiger partial charge on any atom is -0.452 e. The first-order chi connectivity index (χ1) is 13.4. The number of likely N-dealkylation sites (tertiary alicyclic amines) is 1. The molecule has 2 heterocycles. The zero-order valence-electron chi connectivity index (χ0n) is 16.0. The molecule has 1 saturated heterocycles. The van der Waals surface area contributed by atoms with E-state index in [1.807, 2.05) is 38.1 Å². The van der Waals surface area contributed by atoms with Crippen LogP contribution in [0.2, 0.25) is 0 Å². The number of methoxy groups -OCH3 is 1. The summed E-state index contributed by atoms with van der Waals surface area (Å²) in [7, 11) is 1.26. The topological polar surface area (TPSA) is 87.9 Å². The van der Waals surface area contributed by atoms with Gasteiger partial charge in [-0.1, -0.05) is 28.1 Å². The van der Waals surface area contributed by atoms with Gasteiger partial charge in [0.2, 0.25) is 5.89 Å². The second-order valence-corrected chi connectivity index (χ2v) is 7.69. The van der Waals surface area contributed by atoms with Gasteiger partial charge in [-0.2, -0.15) is 0 Å². The standard InChI is InChI=1S/C19H23BrN4O4/c1-12(2)24(22-18(25)27-3)19(26)23-10-4-5-15(23)17-21-11-16(28-17)13-6-8-14(20)9-7-13/h6-9,11-12,15H,4-5,10H2,1-3H3,(H,22,25). The fourth-order valence-electron chi connectivity index (χ4n) is 3.12. The summed E-state index contributed by atoms with van der Waals surface area (Å²) in [5, 5.41) is 1.27. The average Bonchev–Trinajstić information content (AvgIpc) is 3.34. The lowest BCUT2D eigenvalue weighted by molar-refractivity contribution is 0.0897. The van der Waals surface area contributed by atoms with E-state index < -0.39 is 6.09 Å². The number of hydrogen-bond acceptors (Lipinski definition) is 5. The summed E-state index contributed by atoms with van der Waals surface area (Å²) >= 11 is 3.41. The fraction of sp³-hybridized carbons (Fsp3) is 0.421. The first kappa shape index (κ1) is 20.2. The quantitative estimate of drug-likeness (QED) is 0.702. The monoisotopic (exact) mass is 450 g/mol. The SMILES string of the molecule is COC(=O)NN(C(=O)N1CCCC1c1ncc(-c2ccc(Br)cc2)o1)C(C)C. The van der Waals surface area contributed by atoms with Crippen LogP contribution in [0, 0.1) is 0 Å². The van der Waals surface area contributed by atoms with E-state index in [9.17, 15) is 9.59 Å². The van der Waals surface area contributed by atoms with Crippen LogP contribution in [-0.4, -0.2) is 46.7 Å². The Balaban J connectivity index is 1.79. The lowest BCUT2D eigenvalue weighted by Crippen LogP contribution is -2.54. The number of nitrogens with one attached hydrogen (secondary N) is 1. The van der Waals surface area contributed by atoms with Gasteiger partial charge in [0.1, 0.15) is 6.04 Å². The largest absolute Gasteiger partial charge is 0.452 e. The van der Waals surface area contributed by atoms with Gasteiger partial charge in [-0.05, 0) is 38.8 Å². The number of hydrogen-bond donors (Lipinski definition) is 1. The van der Waals surface area contributed by atoms with Crippen molar-refractivity contribution in [2.75, 3.05) is 13.7 Å². The Morgan fingerprint density at radius 1 is 1.36 bits per heavy atom. The normalized spacial score (nSPS) is 16.3. The maximum absolute atomic E-state index is 13.0. The number of oxazole rings is 1. The highest BCUT2D eigenvalue weighted by molar-refractivity contribution is 9.10. The molecule has 1 atom stereocenters. The summed E-state index contributed by atoms with van der Waals surface area (Å²) in [4.78, 5) is 30.7. The zero-order valence-corrected chi connectivity index (χ0v) is 17.6. The maximum atomic E-state index is 13.0. The predicted molar refractivity (Wildman–Crippen MR) is 106 cm³/mol. The van der Waals surface area contributed by atoms with E-state index in [4.69, 9.17) is 4.42 Å². The van der Waals surface area contributed by atoms with Crippen LogP contribution in [-0.2, 0) is 4.74 Å². The second kappa shape index (κ2) is 8.64. The van der Waals surface area contributed by atoms with Crippen molar-refractivity contribution in [1.82, 2.24) is 20.3 Å². The number of halogens is 1. The number of carbonyl (C=O) groups is 2. The second-order valence-electron chi connectivity index (χ2n) is 6.77. The molecule has 1 fully saturated rings. The molecule has 28 heavy (non-hydrogen) atoms. The summed E-state index contributed by atoms with van der Waals surface area (Å²) in [5.74, 6) is 1.14. The van der Waals surface area contributed by atoms with Crippen LogP contribution in [0.5, 0.6) is 0 Å². The molecule has 0 saturated carbocycles. The van der Waals surface area contributed by atoms with Gasteiger partial charge in [0.25, 0.3) is 0 Å². The number of carbonyl (C=O) groups excluding carboxylic acids is 2. The third kappa shape index (κ3) is 4.30. The van der Waals surface area contributed by atoms with Crippen molar-refractivity contribution in [2.24, 2.45) is 0 Å². The molecular weight excluding hydrogens is 428 g/mol. The number of rotatable bonds is 3. The third-order valence-corrected chi connectivity index (χ3v) is 5.08. The van der Waals surface area contributed by atoms with Gasteiger partial charge in [-0.15, -0.1) is 0 Å². The Morgan fingerprint density at radius 2 is 2.07 bits per heavy atom. The Bertz CT molecular complexity index is 837. The fourth-order valence-corrected chi connectivity index (χ4v) is 3.39. The number of nitrogens with zero attached hydrogens (tertiary/aromatic N) is 3.